The topological polar surface area (TPSA) is 46.5 Å². The molecule has 0 aromatic heterocycles. The number of esters is 1. The lowest BCUT2D eigenvalue weighted by atomic mass is 9.77. The van der Waals surface area contributed by atoms with Crippen molar-refractivity contribution in [3.63, 3.8) is 0 Å². The third-order valence-corrected chi connectivity index (χ3v) is 7.49. The van der Waals surface area contributed by atoms with Crippen LogP contribution in [0.4, 0.5) is 0 Å². The zero-order valence-electron chi connectivity index (χ0n) is 17.1. The molecule has 5 heteroatoms. The lowest BCUT2D eigenvalue weighted by Gasteiger charge is -2.36. The summed E-state index contributed by atoms with van der Waals surface area (Å²) in [5, 5.41) is 11.8. The van der Waals surface area contributed by atoms with E-state index in [1.165, 1.54) is 12.8 Å². The molecule has 1 heterocycles. The number of carbonyl (C=O) groups is 1. The van der Waals surface area contributed by atoms with Crippen LogP contribution in [-0.2, 0) is 15.1 Å². The highest BCUT2D eigenvalue weighted by molar-refractivity contribution is 5.82. The average Bonchev–Trinajstić information content (AvgIpc) is 3.00. The van der Waals surface area contributed by atoms with E-state index in [9.17, 15) is 9.90 Å². The van der Waals surface area contributed by atoms with Gasteiger partial charge in [-0.1, -0.05) is 56.0 Å². The highest BCUT2D eigenvalue weighted by atomic mass is 127. The number of aliphatic hydroxyl groups is 1. The molecule has 1 aromatic carbocycles. The number of rotatable bonds is 4. The Morgan fingerprint density at radius 2 is 1.68 bits per heavy atom. The van der Waals surface area contributed by atoms with Crippen molar-refractivity contribution in [1.82, 2.24) is 0 Å². The number of hydrogen-bond donors (Lipinski definition) is 1. The van der Waals surface area contributed by atoms with E-state index in [-0.39, 0.29) is 36.0 Å². The molecule has 2 saturated carbocycles. The summed E-state index contributed by atoms with van der Waals surface area (Å²) >= 11 is 0. The second-order valence-electron chi connectivity index (χ2n) is 9.56. The molecular formula is C23H34INO3. The number of likely N-dealkylation sites (tertiary alicyclic amines) is 1. The standard InChI is InChI=1S/C23H34NO3.HI/c1-24(2)16-17-14-15-20(24)21(17)27-22(25)23(26,19-12-8-5-9-13-19)18-10-6-3-4-7-11-18;/h5,8-9,12-13,17-18,20-21,26H,3-4,6-7,10-11,14-16H2,1-2H3;1H/q+1;/p-1/t17?,20-,21?,23?;/m0./s1. The summed E-state index contributed by atoms with van der Waals surface area (Å²) in [7, 11) is 4.47. The quantitative estimate of drug-likeness (QED) is 0.286. The van der Waals surface area contributed by atoms with E-state index in [0.717, 1.165) is 49.6 Å². The molecule has 0 spiro atoms. The highest BCUT2D eigenvalue weighted by Crippen LogP contribution is 2.45. The third-order valence-electron chi connectivity index (χ3n) is 7.49. The molecule has 1 saturated heterocycles. The van der Waals surface area contributed by atoms with Gasteiger partial charge in [0.2, 0.25) is 0 Å². The Balaban J connectivity index is 0.00000225. The molecule has 4 nitrogen and oxygen atoms in total. The zero-order chi connectivity index (χ0) is 19.1. The number of likely N-dealkylation sites (N-methyl/N-ethyl adjacent to an activating group) is 1. The Morgan fingerprint density at radius 3 is 2.21 bits per heavy atom. The number of hydrogen-bond acceptors (Lipinski definition) is 3. The van der Waals surface area contributed by atoms with Crippen LogP contribution in [0.1, 0.15) is 56.9 Å². The molecule has 28 heavy (non-hydrogen) atoms. The average molecular weight is 499 g/mol. The minimum absolute atomic E-state index is 0. The fourth-order valence-electron chi connectivity index (χ4n) is 6.01. The van der Waals surface area contributed by atoms with Gasteiger partial charge in [0.1, 0.15) is 6.04 Å². The van der Waals surface area contributed by atoms with E-state index < -0.39 is 11.6 Å². The van der Waals surface area contributed by atoms with Crippen molar-refractivity contribution < 1.29 is 43.1 Å². The Labute approximate surface area is 186 Å². The first kappa shape index (κ1) is 22.0. The van der Waals surface area contributed by atoms with Crippen LogP contribution >= 0.6 is 0 Å². The molecule has 4 rings (SSSR count). The first-order chi connectivity index (χ1) is 12.9. The van der Waals surface area contributed by atoms with Gasteiger partial charge in [0.15, 0.2) is 11.7 Å². The zero-order valence-corrected chi connectivity index (χ0v) is 19.3. The molecule has 3 fully saturated rings. The van der Waals surface area contributed by atoms with E-state index in [0.29, 0.717) is 17.5 Å². The van der Waals surface area contributed by atoms with Crippen LogP contribution in [0.5, 0.6) is 0 Å². The second kappa shape index (κ2) is 8.60. The molecule has 2 aliphatic carbocycles. The summed E-state index contributed by atoms with van der Waals surface area (Å²) in [6.07, 6.45) is 8.51. The van der Waals surface area contributed by atoms with Crippen molar-refractivity contribution in [2.45, 2.75) is 69.1 Å². The first-order valence-corrected chi connectivity index (χ1v) is 10.7. The SMILES string of the molecule is C[N+]1(C)CC2CC[C@H]1C2OC(=O)C(O)(c1ccccc1)C1CCCCCC1.[I-]. The lowest BCUT2D eigenvalue weighted by molar-refractivity contribution is -0.908. The predicted molar refractivity (Wildman–Crippen MR) is 105 cm³/mol. The van der Waals surface area contributed by atoms with Crippen molar-refractivity contribution in [3.05, 3.63) is 35.9 Å². The Bertz CT molecular complexity index is 672. The number of carbonyl (C=O) groups excluding carboxylic acids is 1. The van der Waals surface area contributed by atoms with Crippen molar-refractivity contribution in [1.29, 1.82) is 0 Å². The smallest absolute Gasteiger partial charge is 0.343 e. The number of halogens is 1. The summed E-state index contributed by atoms with van der Waals surface area (Å²) in [6, 6.07) is 9.88. The second-order valence-corrected chi connectivity index (χ2v) is 9.56. The van der Waals surface area contributed by atoms with Crippen molar-refractivity contribution in [2.75, 3.05) is 20.6 Å². The Morgan fingerprint density at radius 1 is 1.04 bits per heavy atom. The molecule has 1 aromatic rings. The predicted octanol–water partition coefficient (Wildman–Crippen LogP) is 0.629. The molecule has 0 radical (unpaired) electrons. The number of piperidine rings is 1. The van der Waals surface area contributed by atoms with Gasteiger partial charge in [0, 0.05) is 12.3 Å². The maximum atomic E-state index is 13.5. The third kappa shape index (κ3) is 3.86. The van der Waals surface area contributed by atoms with Gasteiger partial charge in [0.25, 0.3) is 0 Å². The van der Waals surface area contributed by atoms with Crippen molar-refractivity contribution in [2.24, 2.45) is 11.8 Å². The fourth-order valence-corrected chi connectivity index (χ4v) is 6.01. The fraction of sp³-hybridized carbons (Fsp3) is 0.696. The van der Waals surface area contributed by atoms with Crippen LogP contribution in [0.15, 0.2) is 30.3 Å². The van der Waals surface area contributed by atoms with Crippen LogP contribution < -0.4 is 24.0 Å². The molecule has 3 unspecified atom stereocenters. The molecule has 4 atom stereocenters. The monoisotopic (exact) mass is 499 g/mol. The van der Waals surface area contributed by atoms with Gasteiger partial charge < -0.3 is 38.3 Å². The molecule has 3 aliphatic rings. The van der Waals surface area contributed by atoms with Gasteiger partial charge >= 0.3 is 5.97 Å². The minimum atomic E-state index is -1.52. The summed E-state index contributed by atoms with van der Waals surface area (Å²) in [4.78, 5) is 13.5. The summed E-state index contributed by atoms with van der Waals surface area (Å²) < 4.78 is 7.07. The number of benzene rings is 1. The molecular weight excluding hydrogens is 465 g/mol. The van der Waals surface area contributed by atoms with Crippen molar-refractivity contribution >= 4 is 5.97 Å². The number of quaternary nitrogens is 1. The number of nitrogens with zero attached hydrogens (tertiary/aromatic N) is 1. The summed E-state index contributed by atoms with van der Waals surface area (Å²) in [5.41, 5.74) is -0.828. The number of ether oxygens (including phenoxy) is 1. The van der Waals surface area contributed by atoms with E-state index in [2.05, 4.69) is 14.1 Å². The molecule has 0 amide bonds. The van der Waals surface area contributed by atoms with Gasteiger partial charge in [-0.25, -0.2) is 4.79 Å². The summed E-state index contributed by atoms with van der Waals surface area (Å²) in [5.74, 6) is -0.0380. The largest absolute Gasteiger partial charge is 1.00 e. The molecule has 1 aliphatic heterocycles. The van der Waals surface area contributed by atoms with Crippen LogP contribution in [-0.4, -0.2) is 48.3 Å². The first-order valence-electron chi connectivity index (χ1n) is 10.7. The van der Waals surface area contributed by atoms with Gasteiger partial charge in [-0.05, 0) is 24.8 Å². The van der Waals surface area contributed by atoms with Gasteiger partial charge in [0.05, 0.1) is 26.6 Å². The maximum absolute atomic E-state index is 13.5. The molecule has 2 bridgehead atoms. The molecule has 1 N–H and O–H groups in total. The molecule has 156 valence electrons. The van der Waals surface area contributed by atoms with Crippen molar-refractivity contribution in [3.8, 4) is 0 Å². The Kier molecular flexibility index (Phi) is 6.77. The van der Waals surface area contributed by atoms with Crippen LogP contribution in [0, 0.1) is 11.8 Å². The summed E-state index contributed by atoms with van der Waals surface area (Å²) in [6.45, 7) is 1.07. The normalized spacial score (nSPS) is 31.5. The van der Waals surface area contributed by atoms with Gasteiger partial charge in [-0.3, -0.25) is 0 Å². The Hall–Kier alpha value is -0.660. The lowest BCUT2D eigenvalue weighted by Crippen LogP contribution is -3.00. The van der Waals surface area contributed by atoms with E-state index in [1.807, 2.05) is 30.3 Å². The van der Waals surface area contributed by atoms with E-state index in [4.69, 9.17) is 4.74 Å². The minimum Gasteiger partial charge on any atom is -1.00 e. The van der Waals surface area contributed by atoms with Crippen LogP contribution in [0.25, 0.3) is 0 Å². The number of fused-ring (bicyclic) bond motifs is 2. The maximum Gasteiger partial charge on any atom is 0.343 e. The van der Waals surface area contributed by atoms with Crippen LogP contribution in [0.3, 0.4) is 0 Å². The van der Waals surface area contributed by atoms with E-state index in [1.54, 1.807) is 0 Å². The highest BCUT2D eigenvalue weighted by Gasteiger charge is 2.58. The van der Waals surface area contributed by atoms with Crippen LogP contribution in [0.2, 0.25) is 0 Å². The van der Waals surface area contributed by atoms with Gasteiger partial charge in [-0.15, -0.1) is 0 Å². The van der Waals surface area contributed by atoms with E-state index >= 15 is 0 Å². The van der Waals surface area contributed by atoms with Gasteiger partial charge in [-0.2, -0.15) is 0 Å².